The van der Waals surface area contributed by atoms with Crippen LogP contribution in [-0.4, -0.2) is 20.9 Å². The van der Waals surface area contributed by atoms with E-state index in [1.807, 2.05) is 12.2 Å². The number of aromatic carboxylic acids is 1. The van der Waals surface area contributed by atoms with E-state index < -0.39 is 15.8 Å². The number of nitrogens with one attached hydrogen (secondary N) is 1. The van der Waals surface area contributed by atoms with Gasteiger partial charge < -0.3 is 10.4 Å². The van der Waals surface area contributed by atoms with Crippen molar-refractivity contribution in [1.29, 1.82) is 0 Å². The number of nitrogens with zero attached hydrogens (tertiary/aromatic N) is 2. The summed E-state index contributed by atoms with van der Waals surface area (Å²) in [7, 11) is 0. The first-order valence-electron chi connectivity index (χ1n) is 8.60. The zero-order valence-corrected chi connectivity index (χ0v) is 14.4. The van der Waals surface area contributed by atoms with Crippen LogP contribution in [0, 0.1) is 26.1 Å². The lowest BCUT2D eigenvalue weighted by atomic mass is 9.75. The second-order valence-corrected chi connectivity index (χ2v) is 6.81. The van der Waals surface area contributed by atoms with Gasteiger partial charge in [-0.25, -0.2) is 4.79 Å². The SMILES string of the molecule is O=C(O)c1ccc([N+](=O)[O-])c2c1N[C@H](c1ccc([N+](=O)[O-])cc1)[C@H]1CC=C[C@H]21. The molecule has 2 N–H and O–H groups in total. The number of allylic oxidation sites excluding steroid dienone is 2. The first-order chi connectivity index (χ1) is 13.4. The van der Waals surface area contributed by atoms with E-state index in [9.17, 15) is 30.1 Å². The fourth-order valence-electron chi connectivity index (χ4n) is 4.16. The Hall–Kier alpha value is -3.75. The predicted molar refractivity (Wildman–Crippen MR) is 99.5 cm³/mol. The van der Waals surface area contributed by atoms with Crippen LogP contribution >= 0.6 is 0 Å². The van der Waals surface area contributed by atoms with Crippen LogP contribution in [0.25, 0.3) is 0 Å². The summed E-state index contributed by atoms with van der Waals surface area (Å²) in [6.07, 6.45) is 4.47. The van der Waals surface area contributed by atoms with Gasteiger partial charge in [-0.1, -0.05) is 24.3 Å². The smallest absolute Gasteiger partial charge is 0.337 e. The van der Waals surface area contributed by atoms with Crippen molar-refractivity contribution in [3.63, 3.8) is 0 Å². The summed E-state index contributed by atoms with van der Waals surface area (Å²) >= 11 is 0. The normalized spacial score (nSPS) is 22.1. The van der Waals surface area contributed by atoms with Gasteiger partial charge in [0, 0.05) is 24.1 Å². The molecule has 0 spiro atoms. The molecule has 0 unspecified atom stereocenters. The van der Waals surface area contributed by atoms with Gasteiger partial charge in [0.25, 0.3) is 11.4 Å². The molecule has 0 saturated heterocycles. The number of rotatable bonds is 4. The Morgan fingerprint density at radius 1 is 1.07 bits per heavy atom. The van der Waals surface area contributed by atoms with Gasteiger partial charge in [-0.05, 0) is 24.0 Å². The number of benzene rings is 2. The van der Waals surface area contributed by atoms with Crippen molar-refractivity contribution in [2.45, 2.75) is 18.4 Å². The van der Waals surface area contributed by atoms with Crippen molar-refractivity contribution in [2.24, 2.45) is 5.92 Å². The van der Waals surface area contributed by atoms with Crippen LogP contribution in [0.2, 0.25) is 0 Å². The summed E-state index contributed by atoms with van der Waals surface area (Å²) in [5, 5.41) is 35.2. The zero-order chi connectivity index (χ0) is 20.0. The number of non-ortho nitro benzene ring substituents is 1. The van der Waals surface area contributed by atoms with Gasteiger partial charge in [0.15, 0.2) is 0 Å². The minimum atomic E-state index is -1.18. The standard InChI is InChI=1S/C19H15N3O6/c23-19(24)14-8-9-15(22(27)28)16-12-2-1-3-13(12)17(20-18(14)16)10-4-6-11(7-5-10)21(25)26/h1-2,4-9,12-13,17,20H,3H2,(H,23,24)/t12-,13-,17+/m0/s1. The Bertz CT molecular complexity index is 1030. The molecule has 0 saturated carbocycles. The highest BCUT2D eigenvalue weighted by atomic mass is 16.6. The molecule has 2 aromatic rings. The molecule has 1 aliphatic carbocycles. The fraction of sp³-hybridized carbons (Fsp3) is 0.211. The number of nitro groups is 2. The third kappa shape index (κ3) is 2.68. The van der Waals surface area contributed by atoms with Gasteiger partial charge in [0.1, 0.15) is 0 Å². The highest BCUT2D eigenvalue weighted by Crippen LogP contribution is 2.53. The second-order valence-electron chi connectivity index (χ2n) is 6.81. The van der Waals surface area contributed by atoms with Crippen LogP contribution in [0.15, 0.2) is 48.6 Å². The fourth-order valence-corrected chi connectivity index (χ4v) is 4.16. The van der Waals surface area contributed by atoms with E-state index in [2.05, 4.69) is 5.32 Å². The monoisotopic (exact) mass is 381 g/mol. The lowest BCUT2D eigenvalue weighted by Crippen LogP contribution is -2.31. The van der Waals surface area contributed by atoms with Crippen LogP contribution in [-0.2, 0) is 0 Å². The van der Waals surface area contributed by atoms with Gasteiger partial charge in [-0.3, -0.25) is 20.2 Å². The maximum Gasteiger partial charge on any atom is 0.337 e. The first-order valence-corrected chi connectivity index (χ1v) is 8.60. The molecular formula is C19H15N3O6. The van der Waals surface area contributed by atoms with Crippen molar-refractivity contribution in [2.75, 3.05) is 5.32 Å². The number of nitro benzene ring substituents is 2. The summed E-state index contributed by atoms with van der Waals surface area (Å²) < 4.78 is 0. The maximum atomic E-state index is 11.7. The van der Waals surface area contributed by atoms with Gasteiger partial charge >= 0.3 is 5.97 Å². The quantitative estimate of drug-likeness (QED) is 0.463. The minimum absolute atomic E-state index is 0.0359. The summed E-state index contributed by atoms with van der Waals surface area (Å²) in [6.45, 7) is 0. The van der Waals surface area contributed by atoms with E-state index >= 15 is 0 Å². The van der Waals surface area contributed by atoms with E-state index in [1.54, 1.807) is 12.1 Å². The van der Waals surface area contributed by atoms with Crippen molar-refractivity contribution >= 4 is 23.0 Å². The Morgan fingerprint density at radius 2 is 1.79 bits per heavy atom. The number of carboxylic acid groups (broad SMARTS) is 1. The molecule has 1 aliphatic heterocycles. The van der Waals surface area contributed by atoms with E-state index in [0.717, 1.165) is 5.56 Å². The summed E-state index contributed by atoms with van der Waals surface area (Å²) in [5.74, 6) is -1.55. The van der Waals surface area contributed by atoms with Crippen molar-refractivity contribution < 1.29 is 19.7 Å². The largest absolute Gasteiger partial charge is 0.478 e. The van der Waals surface area contributed by atoms with E-state index in [-0.39, 0.29) is 40.5 Å². The number of hydrogen-bond donors (Lipinski definition) is 2. The van der Waals surface area contributed by atoms with E-state index in [0.29, 0.717) is 12.0 Å². The third-order valence-corrected chi connectivity index (χ3v) is 5.39. The van der Waals surface area contributed by atoms with Gasteiger partial charge in [-0.2, -0.15) is 0 Å². The lowest BCUT2D eigenvalue weighted by Gasteiger charge is -2.37. The predicted octanol–water partition coefficient (Wildman–Crippen LogP) is 4.03. The third-order valence-electron chi connectivity index (χ3n) is 5.39. The van der Waals surface area contributed by atoms with Crippen molar-refractivity contribution in [3.05, 3.63) is 85.5 Å². The van der Waals surface area contributed by atoms with Gasteiger partial charge in [0.05, 0.1) is 32.7 Å². The molecule has 0 aromatic heterocycles. The number of hydrogen-bond acceptors (Lipinski definition) is 6. The summed E-state index contributed by atoms with van der Waals surface area (Å²) in [5.41, 5.74) is 1.18. The Balaban J connectivity index is 1.86. The average molecular weight is 381 g/mol. The summed E-state index contributed by atoms with van der Waals surface area (Å²) in [6, 6.07) is 8.21. The molecule has 0 bridgehead atoms. The number of carboxylic acids is 1. The number of fused-ring (bicyclic) bond motifs is 3. The van der Waals surface area contributed by atoms with E-state index in [4.69, 9.17) is 0 Å². The van der Waals surface area contributed by atoms with Crippen LogP contribution < -0.4 is 5.32 Å². The molecule has 0 fully saturated rings. The molecule has 142 valence electrons. The van der Waals surface area contributed by atoms with Crippen LogP contribution in [0.3, 0.4) is 0 Å². The Labute approximate surface area is 158 Å². The Kier molecular flexibility index (Phi) is 4.07. The van der Waals surface area contributed by atoms with Crippen LogP contribution in [0.4, 0.5) is 17.1 Å². The van der Waals surface area contributed by atoms with Crippen LogP contribution in [0.1, 0.15) is 39.9 Å². The molecule has 9 nitrogen and oxygen atoms in total. The molecule has 4 rings (SSSR count). The molecule has 0 radical (unpaired) electrons. The maximum absolute atomic E-state index is 11.7. The number of carbonyl (C=O) groups is 1. The van der Waals surface area contributed by atoms with E-state index in [1.165, 1.54) is 24.3 Å². The average Bonchev–Trinajstić information content (AvgIpc) is 3.16. The van der Waals surface area contributed by atoms with Crippen molar-refractivity contribution in [3.8, 4) is 0 Å². The molecular weight excluding hydrogens is 366 g/mol. The summed E-state index contributed by atoms with van der Waals surface area (Å²) in [4.78, 5) is 33.2. The number of anilines is 1. The van der Waals surface area contributed by atoms with Gasteiger partial charge in [-0.15, -0.1) is 0 Å². The minimum Gasteiger partial charge on any atom is -0.478 e. The first kappa shape index (κ1) is 17.7. The van der Waals surface area contributed by atoms with Crippen molar-refractivity contribution in [1.82, 2.24) is 0 Å². The molecule has 0 amide bonds. The van der Waals surface area contributed by atoms with Crippen LogP contribution in [0.5, 0.6) is 0 Å². The molecule has 28 heavy (non-hydrogen) atoms. The topological polar surface area (TPSA) is 136 Å². The molecule has 3 atom stereocenters. The molecule has 2 aliphatic rings. The lowest BCUT2D eigenvalue weighted by molar-refractivity contribution is -0.385. The zero-order valence-electron chi connectivity index (χ0n) is 14.4. The highest BCUT2D eigenvalue weighted by Gasteiger charge is 2.43. The molecule has 1 heterocycles. The Morgan fingerprint density at radius 3 is 2.39 bits per heavy atom. The van der Waals surface area contributed by atoms with Gasteiger partial charge in [0.2, 0.25) is 0 Å². The second kappa shape index (κ2) is 6.45. The highest BCUT2D eigenvalue weighted by molar-refractivity contribution is 5.97. The molecule has 9 heteroatoms. The molecule has 2 aromatic carbocycles.